The molecule has 0 amide bonds. The van der Waals surface area contributed by atoms with E-state index in [1.165, 1.54) is 12.0 Å². The van der Waals surface area contributed by atoms with Gasteiger partial charge in [0.15, 0.2) is 0 Å². The predicted octanol–water partition coefficient (Wildman–Crippen LogP) is 2.91. The van der Waals surface area contributed by atoms with Crippen molar-refractivity contribution in [3.05, 3.63) is 29.8 Å². The van der Waals surface area contributed by atoms with Crippen LogP contribution in [0.15, 0.2) is 24.3 Å². The Labute approximate surface area is 137 Å². The molecule has 1 unspecified atom stereocenters. The molecule has 0 saturated carbocycles. The fourth-order valence-corrected chi connectivity index (χ4v) is 0.953. The molecule has 3 N–H and O–H groups in total. The van der Waals surface area contributed by atoms with E-state index in [1.807, 2.05) is 0 Å². The monoisotopic (exact) mass is 439 g/mol. The minimum absolute atomic E-state index is 0. The van der Waals surface area contributed by atoms with E-state index in [0.717, 1.165) is 5.92 Å². The molecule has 114 valence electrons. The molecule has 0 fully saturated rings. The molecule has 3 nitrogen and oxygen atoms in total. The van der Waals surface area contributed by atoms with Crippen LogP contribution >= 0.6 is 0 Å². The first-order valence-electron chi connectivity index (χ1n) is 6.63. The number of hydrogen-bond acceptors (Lipinski definition) is 3. The molecule has 0 aliphatic rings. The van der Waals surface area contributed by atoms with E-state index < -0.39 is 0 Å². The summed E-state index contributed by atoms with van der Waals surface area (Å²) in [7, 11) is 0. The first-order chi connectivity index (χ1) is 8.59. The summed E-state index contributed by atoms with van der Waals surface area (Å²) in [5.41, 5.74) is 1.47. The average Bonchev–Trinajstić information content (AvgIpc) is 2.85. The van der Waals surface area contributed by atoms with Gasteiger partial charge in [0.05, 0.1) is 0 Å². The van der Waals surface area contributed by atoms with Crippen molar-refractivity contribution >= 4 is 0 Å². The van der Waals surface area contributed by atoms with Crippen LogP contribution in [0.25, 0.3) is 0 Å². The second kappa shape index (κ2) is 26.6. The maximum absolute atomic E-state index is 7.57. The number of aliphatic hydroxyl groups excluding tert-OH is 3. The first kappa shape index (κ1) is 27.4. The van der Waals surface area contributed by atoms with Crippen LogP contribution in [0.3, 0.4) is 0 Å². The standard InChI is InChI=1S/C9H13.3C2H6O.Hf/c1-3-8(2)9-6-4-5-7-9;3*1-2-3;/h4-8H,3H2,1-2H3;3*3H,2H2,1H3;/q-1;;;;. The summed E-state index contributed by atoms with van der Waals surface area (Å²) < 4.78 is 0. The van der Waals surface area contributed by atoms with Crippen LogP contribution in [0.4, 0.5) is 0 Å². The predicted molar refractivity (Wildman–Crippen MR) is 79.0 cm³/mol. The van der Waals surface area contributed by atoms with E-state index in [0.29, 0.717) is 0 Å². The second-order valence-corrected chi connectivity index (χ2v) is 3.48. The minimum atomic E-state index is 0. The Morgan fingerprint density at radius 2 is 1.11 bits per heavy atom. The van der Waals surface area contributed by atoms with E-state index in [2.05, 4.69) is 38.1 Å². The number of hydrogen-bond donors (Lipinski definition) is 3. The Bertz CT molecular complexity index is 196. The molecule has 1 atom stereocenters. The van der Waals surface area contributed by atoms with E-state index in [4.69, 9.17) is 15.3 Å². The van der Waals surface area contributed by atoms with Crippen molar-refractivity contribution in [2.24, 2.45) is 0 Å². The van der Waals surface area contributed by atoms with Gasteiger partial charge in [-0.1, -0.05) is 26.2 Å². The molecule has 19 heavy (non-hydrogen) atoms. The van der Waals surface area contributed by atoms with Crippen molar-refractivity contribution in [2.45, 2.75) is 47.0 Å². The van der Waals surface area contributed by atoms with E-state index in [1.54, 1.807) is 20.8 Å². The summed E-state index contributed by atoms with van der Waals surface area (Å²) in [5.74, 6) is 0.736. The van der Waals surface area contributed by atoms with Gasteiger partial charge in [-0.15, -0.1) is 0 Å². The van der Waals surface area contributed by atoms with Crippen LogP contribution in [-0.4, -0.2) is 35.1 Å². The van der Waals surface area contributed by atoms with Gasteiger partial charge < -0.3 is 15.3 Å². The summed E-state index contributed by atoms with van der Waals surface area (Å²) in [6.45, 7) is 10.3. The summed E-state index contributed by atoms with van der Waals surface area (Å²) >= 11 is 0. The van der Waals surface area contributed by atoms with Crippen molar-refractivity contribution < 1.29 is 41.2 Å². The summed E-state index contributed by atoms with van der Waals surface area (Å²) in [6.07, 6.45) is 1.24. The van der Waals surface area contributed by atoms with Gasteiger partial charge in [-0.25, -0.2) is 12.1 Å². The van der Waals surface area contributed by atoms with Crippen molar-refractivity contribution in [1.82, 2.24) is 0 Å². The summed E-state index contributed by atoms with van der Waals surface area (Å²) in [5, 5.41) is 22.7. The third-order valence-electron chi connectivity index (χ3n) is 1.87. The van der Waals surface area contributed by atoms with Crippen LogP contribution < -0.4 is 0 Å². The zero-order valence-corrected chi connectivity index (χ0v) is 16.6. The molecule has 0 radical (unpaired) electrons. The quantitative estimate of drug-likeness (QED) is 0.492. The second-order valence-electron chi connectivity index (χ2n) is 3.48. The fraction of sp³-hybridized carbons (Fsp3) is 0.667. The van der Waals surface area contributed by atoms with Crippen LogP contribution in [0.5, 0.6) is 0 Å². The Morgan fingerprint density at radius 1 is 0.842 bits per heavy atom. The molecule has 1 rings (SSSR count). The maximum Gasteiger partial charge on any atom is 0.0402 e. The van der Waals surface area contributed by atoms with E-state index in [9.17, 15) is 0 Å². The zero-order valence-electron chi connectivity index (χ0n) is 13.1. The van der Waals surface area contributed by atoms with E-state index >= 15 is 0 Å². The van der Waals surface area contributed by atoms with Crippen molar-refractivity contribution in [3.8, 4) is 0 Å². The Morgan fingerprint density at radius 3 is 1.32 bits per heavy atom. The molecule has 4 heteroatoms. The van der Waals surface area contributed by atoms with Crippen molar-refractivity contribution in [2.75, 3.05) is 19.8 Å². The molecular formula is C15H31HfO3-. The smallest absolute Gasteiger partial charge is 0.0402 e. The molecule has 0 aromatic heterocycles. The summed E-state index contributed by atoms with van der Waals surface area (Å²) in [4.78, 5) is 0. The summed E-state index contributed by atoms with van der Waals surface area (Å²) in [6, 6.07) is 8.57. The van der Waals surface area contributed by atoms with Gasteiger partial charge in [0.25, 0.3) is 0 Å². The molecule has 1 aromatic carbocycles. The number of aliphatic hydroxyl groups is 3. The first-order valence-corrected chi connectivity index (χ1v) is 6.63. The third kappa shape index (κ3) is 27.3. The molecule has 0 aliphatic carbocycles. The Kier molecular flexibility index (Phi) is 38.5. The van der Waals surface area contributed by atoms with Gasteiger partial charge in [0.2, 0.25) is 0 Å². The van der Waals surface area contributed by atoms with Crippen LogP contribution in [-0.2, 0) is 25.8 Å². The molecule has 1 aromatic rings. The molecule has 0 saturated heterocycles. The normalized spacial score (nSPS) is 9.26. The Hall–Kier alpha value is 0.100. The van der Waals surface area contributed by atoms with Crippen LogP contribution in [0.2, 0.25) is 0 Å². The zero-order chi connectivity index (χ0) is 14.8. The average molecular weight is 438 g/mol. The van der Waals surface area contributed by atoms with Gasteiger partial charge in [-0.2, -0.15) is 17.7 Å². The Balaban J connectivity index is -0.0000000956. The SMILES string of the molecule is CCC(C)[c-]1cccc1.CCO.CCO.CCO.[Hf]. The third-order valence-corrected chi connectivity index (χ3v) is 1.87. The van der Waals surface area contributed by atoms with Crippen LogP contribution in [0, 0.1) is 0 Å². The van der Waals surface area contributed by atoms with E-state index in [-0.39, 0.29) is 45.7 Å². The largest absolute Gasteiger partial charge is 0.397 e. The van der Waals surface area contributed by atoms with Crippen molar-refractivity contribution in [1.29, 1.82) is 0 Å². The van der Waals surface area contributed by atoms with Crippen molar-refractivity contribution in [3.63, 3.8) is 0 Å². The molecular weight excluding hydrogens is 407 g/mol. The fourth-order valence-electron chi connectivity index (χ4n) is 0.953. The van der Waals surface area contributed by atoms with Crippen LogP contribution in [0.1, 0.15) is 52.5 Å². The maximum atomic E-state index is 7.57. The molecule has 0 bridgehead atoms. The number of rotatable bonds is 2. The molecule has 0 aliphatic heterocycles. The van der Waals surface area contributed by atoms with Gasteiger partial charge in [-0.3, -0.25) is 0 Å². The minimum Gasteiger partial charge on any atom is -0.397 e. The topological polar surface area (TPSA) is 60.7 Å². The van der Waals surface area contributed by atoms with Gasteiger partial charge in [-0.05, 0) is 20.8 Å². The molecule has 0 spiro atoms. The van der Waals surface area contributed by atoms with Gasteiger partial charge >= 0.3 is 0 Å². The van der Waals surface area contributed by atoms with Gasteiger partial charge in [0, 0.05) is 45.7 Å². The molecule has 0 heterocycles. The van der Waals surface area contributed by atoms with Gasteiger partial charge in [0.1, 0.15) is 0 Å².